The Kier molecular flexibility index (Phi) is 5.26. The van der Waals surface area contributed by atoms with Gasteiger partial charge in [-0.1, -0.05) is 57.5 Å². The highest BCUT2D eigenvalue weighted by Crippen LogP contribution is 2.42. The molecule has 112 valence electrons. The molecule has 1 aromatic rings. The van der Waals surface area contributed by atoms with Gasteiger partial charge in [0.2, 0.25) is 0 Å². The van der Waals surface area contributed by atoms with Gasteiger partial charge in [0.1, 0.15) is 0 Å². The Morgan fingerprint density at radius 2 is 1.85 bits per heavy atom. The molecule has 0 spiro atoms. The molecule has 20 heavy (non-hydrogen) atoms. The van der Waals surface area contributed by atoms with Crippen LogP contribution in [-0.2, 0) is 6.42 Å². The zero-order valence-electron chi connectivity index (χ0n) is 13.4. The highest BCUT2D eigenvalue weighted by Gasteiger charge is 2.36. The van der Waals surface area contributed by atoms with E-state index in [1.165, 1.54) is 44.1 Å². The lowest BCUT2D eigenvalue weighted by molar-refractivity contribution is 0.103. The zero-order valence-corrected chi connectivity index (χ0v) is 13.4. The molecule has 1 fully saturated rings. The van der Waals surface area contributed by atoms with Crippen LogP contribution in [0.1, 0.15) is 58.4 Å². The van der Waals surface area contributed by atoms with Gasteiger partial charge in [0.25, 0.3) is 0 Å². The van der Waals surface area contributed by atoms with Crippen molar-refractivity contribution >= 4 is 0 Å². The van der Waals surface area contributed by atoms with Crippen LogP contribution in [0.2, 0.25) is 0 Å². The topological polar surface area (TPSA) is 26.0 Å². The standard InChI is InChI=1S/C19H31N/c1-15-11-12-17(18(20)14-15)19(2,3)13-7-10-16-8-5-4-6-9-16/h4-6,8-9,15,17-18H,7,10-14,20H2,1-3H3. The minimum atomic E-state index is 0.383. The van der Waals surface area contributed by atoms with Crippen LogP contribution in [-0.4, -0.2) is 6.04 Å². The Morgan fingerprint density at radius 3 is 2.50 bits per heavy atom. The molecule has 1 nitrogen and oxygen atoms in total. The molecule has 0 saturated heterocycles. The first-order chi connectivity index (χ1) is 9.49. The zero-order chi connectivity index (χ0) is 14.6. The van der Waals surface area contributed by atoms with Crippen LogP contribution in [0.15, 0.2) is 30.3 Å². The first-order valence-electron chi connectivity index (χ1n) is 8.28. The molecule has 0 aliphatic heterocycles. The number of rotatable bonds is 5. The van der Waals surface area contributed by atoms with E-state index in [9.17, 15) is 0 Å². The molecule has 1 heteroatoms. The molecular weight excluding hydrogens is 242 g/mol. The highest BCUT2D eigenvalue weighted by atomic mass is 14.7. The van der Waals surface area contributed by atoms with Gasteiger partial charge in [-0.05, 0) is 54.9 Å². The van der Waals surface area contributed by atoms with Crippen LogP contribution in [0.5, 0.6) is 0 Å². The van der Waals surface area contributed by atoms with Crippen molar-refractivity contribution in [3.05, 3.63) is 35.9 Å². The van der Waals surface area contributed by atoms with Gasteiger partial charge in [-0.3, -0.25) is 0 Å². The van der Waals surface area contributed by atoms with Gasteiger partial charge in [-0.15, -0.1) is 0 Å². The van der Waals surface area contributed by atoms with E-state index in [0.717, 1.165) is 5.92 Å². The van der Waals surface area contributed by atoms with Gasteiger partial charge < -0.3 is 5.73 Å². The summed E-state index contributed by atoms with van der Waals surface area (Å²) in [5, 5.41) is 0. The largest absolute Gasteiger partial charge is 0.327 e. The molecule has 1 aliphatic carbocycles. The maximum absolute atomic E-state index is 6.44. The quantitative estimate of drug-likeness (QED) is 0.819. The molecule has 0 bridgehead atoms. The van der Waals surface area contributed by atoms with Gasteiger partial charge in [0, 0.05) is 6.04 Å². The van der Waals surface area contributed by atoms with E-state index in [0.29, 0.717) is 17.4 Å². The summed E-state index contributed by atoms with van der Waals surface area (Å²) in [6.07, 6.45) is 7.65. The second-order valence-corrected chi connectivity index (χ2v) is 7.52. The van der Waals surface area contributed by atoms with Gasteiger partial charge >= 0.3 is 0 Å². The van der Waals surface area contributed by atoms with Crippen LogP contribution in [0.25, 0.3) is 0 Å². The summed E-state index contributed by atoms with van der Waals surface area (Å²) in [7, 11) is 0. The van der Waals surface area contributed by atoms with E-state index in [2.05, 4.69) is 51.1 Å². The van der Waals surface area contributed by atoms with Crippen LogP contribution in [0, 0.1) is 17.3 Å². The fourth-order valence-electron chi connectivity index (χ4n) is 3.97. The maximum atomic E-state index is 6.44. The van der Waals surface area contributed by atoms with E-state index in [1.54, 1.807) is 0 Å². The van der Waals surface area contributed by atoms with Crippen molar-refractivity contribution in [1.82, 2.24) is 0 Å². The van der Waals surface area contributed by atoms with Crippen molar-refractivity contribution in [2.45, 2.75) is 65.3 Å². The van der Waals surface area contributed by atoms with Crippen LogP contribution in [0.4, 0.5) is 0 Å². The first-order valence-corrected chi connectivity index (χ1v) is 8.28. The van der Waals surface area contributed by atoms with E-state index >= 15 is 0 Å². The Hall–Kier alpha value is -0.820. The number of hydrogen-bond acceptors (Lipinski definition) is 1. The first kappa shape index (κ1) is 15.6. The van der Waals surface area contributed by atoms with Crippen molar-refractivity contribution < 1.29 is 0 Å². The predicted octanol–water partition coefficient (Wildman–Crippen LogP) is 4.80. The molecule has 1 saturated carbocycles. The third kappa shape index (κ3) is 4.09. The summed E-state index contributed by atoms with van der Waals surface area (Å²) in [6, 6.07) is 11.3. The molecule has 0 aromatic heterocycles. The molecular formula is C19H31N. The Morgan fingerprint density at radius 1 is 1.15 bits per heavy atom. The van der Waals surface area contributed by atoms with E-state index in [4.69, 9.17) is 5.73 Å². The van der Waals surface area contributed by atoms with E-state index in [1.807, 2.05) is 0 Å². The second kappa shape index (κ2) is 6.76. The predicted molar refractivity (Wildman–Crippen MR) is 87.6 cm³/mol. The second-order valence-electron chi connectivity index (χ2n) is 7.52. The SMILES string of the molecule is CC1CCC(C(C)(C)CCCc2ccccc2)C(N)C1. The summed E-state index contributed by atoms with van der Waals surface area (Å²) in [5.41, 5.74) is 8.28. The minimum absolute atomic E-state index is 0.383. The van der Waals surface area contributed by atoms with Gasteiger partial charge in [0.15, 0.2) is 0 Å². The molecule has 1 aromatic carbocycles. The lowest BCUT2D eigenvalue weighted by Crippen LogP contribution is -2.43. The number of benzene rings is 1. The number of hydrogen-bond donors (Lipinski definition) is 1. The van der Waals surface area contributed by atoms with Crippen molar-refractivity contribution in [2.75, 3.05) is 0 Å². The average Bonchev–Trinajstić information content (AvgIpc) is 2.39. The van der Waals surface area contributed by atoms with Gasteiger partial charge in [0.05, 0.1) is 0 Å². The minimum Gasteiger partial charge on any atom is -0.327 e. The molecule has 0 radical (unpaired) electrons. The van der Waals surface area contributed by atoms with Crippen molar-refractivity contribution in [2.24, 2.45) is 23.0 Å². The van der Waals surface area contributed by atoms with Crippen LogP contribution in [0.3, 0.4) is 0 Å². The number of aryl methyl sites for hydroxylation is 1. The summed E-state index contributed by atoms with van der Waals surface area (Å²) in [5.74, 6) is 1.52. The molecule has 0 heterocycles. The Bertz CT molecular complexity index is 395. The van der Waals surface area contributed by atoms with Crippen molar-refractivity contribution in [3.8, 4) is 0 Å². The monoisotopic (exact) mass is 273 g/mol. The van der Waals surface area contributed by atoms with Crippen LogP contribution >= 0.6 is 0 Å². The maximum Gasteiger partial charge on any atom is 0.00747 e. The van der Waals surface area contributed by atoms with Crippen molar-refractivity contribution in [1.29, 1.82) is 0 Å². The lowest BCUT2D eigenvalue weighted by Gasteiger charge is -2.43. The smallest absolute Gasteiger partial charge is 0.00747 e. The Labute approximate surface area is 125 Å². The molecule has 2 rings (SSSR count). The summed E-state index contributed by atoms with van der Waals surface area (Å²) in [4.78, 5) is 0. The van der Waals surface area contributed by atoms with Crippen molar-refractivity contribution in [3.63, 3.8) is 0 Å². The normalized spacial score (nSPS) is 27.5. The number of nitrogens with two attached hydrogens (primary N) is 1. The Balaban J connectivity index is 1.84. The summed E-state index contributed by atoms with van der Waals surface area (Å²) < 4.78 is 0. The molecule has 3 atom stereocenters. The lowest BCUT2D eigenvalue weighted by atomic mass is 9.65. The third-order valence-electron chi connectivity index (χ3n) is 5.29. The summed E-state index contributed by atoms with van der Waals surface area (Å²) >= 11 is 0. The van der Waals surface area contributed by atoms with Gasteiger partial charge in [-0.2, -0.15) is 0 Å². The fourth-order valence-corrected chi connectivity index (χ4v) is 3.97. The molecule has 1 aliphatic rings. The molecule has 0 amide bonds. The van der Waals surface area contributed by atoms with E-state index in [-0.39, 0.29) is 0 Å². The average molecular weight is 273 g/mol. The summed E-state index contributed by atoms with van der Waals surface area (Å²) in [6.45, 7) is 7.20. The van der Waals surface area contributed by atoms with E-state index < -0.39 is 0 Å². The van der Waals surface area contributed by atoms with Crippen LogP contribution < -0.4 is 5.73 Å². The molecule has 3 unspecified atom stereocenters. The van der Waals surface area contributed by atoms with Gasteiger partial charge in [-0.25, -0.2) is 0 Å². The fraction of sp³-hybridized carbons (Fsp3) is 0.684. The highest BCUT2D eigenvalue weighted by molar-refractivity contribution is 5.14. The molecule has 2 N–H and O–H groups in total. The third-order valence-corrected chi connectivity index (χ3v) is 5.29.